The summed E-state index contributed by atoms with van der Waals surface area (Å²) in [6.45, 7) is 0.923. The molecule has 1 aliphatic rings. The van der Waals surface area contributed by atoms with Gasteiger partial charge in [-0.25, -0.2) is 0 Å². The molecule has 1 aromatic rings. The summed E-state index contributed by atoms with van der Waals surface area (Å²) in [5.74, 6) is 0. The van der Waals surface area contributed by atoms with Crippen molar-refractivity contribution in [2.75, 3.05) is 7.05 Å². The Labute approximate surface area is 79.1 Å². The van der Waals surface area contributed by atoms with Crippen molar-refractivity contribution < 1.29 is 0 Å². The second-order valence-corrected chi connectivity index (χ2v) is 3.80. The Morgan fingerprint density at radius 1 is 1.54 bits per heavy atom. The fourth-order valence-corrected chi connectivity index (χ4v) is 2.04. The molecule has 2 rings (SSSR count). The highest BCUT2D eigenvalue weighted by molar-refractivity contribution is 5.04. The van der Waals surface area contributed by atoms with Crippen molar-refractivity contribution in [1.29, 1.82) is 0 Å². The maximum atomic E-state index is 4.39. The van der Waals surface area contributed by atoms with E-state index in [9.17, 15) is 0 Å². The van der Waals surface area contributed by atoms with Crippen LogP contribution < -0.4 is 5.32 Å². The van der Waals surface area contributed by atoms with Crippen LogP contribution in [0, 0.1) is 0 Å². The normalized spacial score (nSPS) is 18.2. The molecule has 0 spiro atoms. The summed E-state index contributed by atoms with van der Waals surface area (Å²) >= 11 is 0. The summed E-state index contributed by atoms with van der Waals surface area (Å²) in [6, 6.07) is 0.672. The highest BCUT2D eigenvalue weighted by Gasteiger charge is 2.17. The van der Waals surface area contributed by atoms with Gasteiger partial charge in [0.05, 0.1) is 12.2 Å². The number of nitrogens with one attached hydrogen (secondary N) is 1. The van der Waals surface area contributed by atoms with Crippen LogP contribution in [0.5, 0.6) is 0 Å². The molecule has 3 heteroatoms. The first-order chi connectivity index (χ1) is 6.40. The van der Waals surface area contributed by atoms with Gasteiger partial charge < -0.3 is 5.32 Å². The van der Waals surface area contributed by atoms with Gasteiger partial charge in [-0.05, 0) is 19.9 Å². The average Bonchev–Trinajstić information content (AvgIpc) is 2.70. The fourth-order valence-electron chi connectivity index (χ4n) is 2.04. The van der Waals surface area contributed by atoms with Crippen LogP contribution in [0.3, 0.4) is 0 Å². The second-order valence-electron chi connectivity index (χ2n) is 3.80. The standard InChI is InChI=1S/C10H17N3/c1-11-6-9-7-12-13(8-9)10-4-2-3-5-10/h7-8,10-11H,2-6H2,1H3. The molecule has 3 nitrogen and oxygen atoms in total. The van der Waals surface area contributed by atoms with Gasteiger partial charge in [0.1, 0.15) is 0 Å². The third-order valence-corrected chi connectivity index (χ3v) is 2.73. The zero-order valence-electron chi connectivity index (χ0n) is 8.16. The van der Waals surface area contributed by atoms with Gasteiger partial charge in [-0.15, -0.1) is 0 Å². The topological polar surface area (TPSA) is 29.9 Å². The van der Waals surface area contributed by atoms with Gasteiger partial charge in [0.15, 0.2) is 0 Å². The summed E-state index contributed by atoms with van der Waals surface area (Å²) in [7, 11) is 1.97. The van der Waals surface area contributed by atoms with Gasteiger partial charge in [0.25, 0.3) is 0 Å². The Bertz CT molecular complexity index is 261. The zero-order chi connectivity index (χ0) is 9.10. The first-order valence-corrected chi connectivity index (χ1v) is 5.08. The lowest BCUT2D eigenvalue weighted by Gasteiger charge is -2.08. The first-order valence-electron chi connectivity index (χ1n) is 5.08. The molecule has 1 saturated carbocycles. The van der Waals surface area contributed by atoms with Crippen molar-refractivity contribution in [3.8, 4) is 0 Å². The van der Waals surface area contributed by atoms with Crippen LogP contribution in [-0.4, -0.2) is 16.8 Å². The number of rotatable bonds is 3. The average molecular weight is 179 g/mol. The van der Waals surface area contributed by atoms with E-state index in [1.54, 1.807) is 0 Å². The quantitative estimate of drug-likeness (QED) is 0.765. The molecule has 1 N–H and O–H groups in total. The summed E-state index contributed by atoms with van der Waals surface area (Å²) in [5, 5.41) is 7.53. The molecule has 0 radical (unpaired) electrons. The lowest BCUT2D eigenvalue weighted by atomic mass is 10.2. The molecule has 0 bridgehead atoms. The number of hydrogen-bond acceptors (Lipinski definition) is 2. The van der Waals surface area contributed by atoms with E-state index in [1.165, 1.54) is 31.2 Å². The van der Waals surface area contributed by atoms with Crippen LogP contribution in [0.25, 0.3) is 0 Å². The largest absolute Gasteiger partial charge is 0.316 e. The molecule has 72 valence electrons. The maximum absolute atomic E-state index is 4.39. The molecule has 1 aromatic heterocycles. The Hall–Kier alpha value is -0.830. The Morgan fingerprint density at radius 2 is 2.31 bits per heavy atom. The van der Waals surface area contributed by atoms with Crippen molar-refractivity contribution in [2.45, 2.75) is 38.3 Å². The van der Waals surface area contributed by atoms with E-state index in [0.717, 1.165) is 6.54 Å². The Morgan fingerprint density at radius 3 is 3.00 bits per heavy atom. The van der Waals surface area contributed by atoms with E-state index < -0.39 is 0 Å². The van der Waals surface area contributed by atoms with Crippen LogP contribution in [0.1, 0.15) is 37.3 Å². The number of aromatic nitrogens is 2. The highest BCUT2D eigenvalue weighted by Crippen LogP contribution is 2.28. The van der Waals surface area contributed by atoms with E-state index >= 15 is 0 Å². The molecule has 0 aliphatic heterocycles. The van der Waals surface area contributed by atoms with Gasteiger partial charge in [0.2, 0.25) is 0 Å². The predicted molar refractivity (Wildman–Crippen MR) is 52.5 cm³/mol. The SMILES string of the molecule is CNCc1cnn(C2CCCC2)c1. The van der Waals surface area contributed by atoms with Crippen LogP contribution in [0.4, 0.5) is 0 Å². The van der Waals surface area contributed by atoms with E-state index in [-0.39, 0.29) is 0 Å². The molecule has 0 unspecified atom stereocenters. The zero-order valence-corrected chi connectivity index (χ0v) is 8.16. The molecule has 1 aliphatic carbocycles. The van der Waals surface area contributed by atoms with Crippen LogP contribution in [0.15, 0.2) is 12.4 Å². The molecule has 0 amide bonds. The van der Waals surface area contributed by atoms with Crippen molar-refractivity contribution in [3.63, 3.8) is 0 Å². The smallest absolute Gasteiger partial charge is 0.0534 e. The Balaban J connectivity index is 2.03. The number of nitrogens with zero attached hydrogens (tertiary/aromatic N) is 2. The maximum Gasteiger partial charge on any atom is 0.0534 e. The lowest BCUT2D eigenvalue weighted by molar-refractivity contribution is 0.466. The lowest BCUT2D eigenvalue weighted by Crippen LogP contribution is -2.06. The van der Waals surface area contributed by atoms with Gasteiger partial charge >= 0.3 is 0 Å². The first kappa shape index (κ1) is 8.75. The van der Waals surface area contributed by atoms with Crippen LogP contribution in [0.2, 0.25) is 0 Å². The van der Waals surface area contributed by atoms with Gasteiger partial charge in [-0.2, -0.15) is 5.10 Å². The summed E-state index contributed by atoms with van der Waals surface area (Å²) in [5.41, 5.74) is 1.29. The minimum atomic E-state index is 0.672. The monoisotopic (exact) mass is 179 g/mol. The van der Waals surface area contributed by atoms with Gasteiger partial charge in [-0.1, -0.05) is 12.8 Å². The molecule has 1 heterocycles. The summed E-state index contributed by atoms with van der Waals surface area (Å²) in [6.07, 6.45) is 9.49. The van der Waals surface area contributed by atoms with Crippen LogP contribution in [-0.2, 0) is 6.54 Å². The molecular formula is C10H17N3. The van der Waals surface area contributed by atoms with E-state index in [1.807, 2.05) is 13.2 Å². The van der Waals surface area contributed by atoms with Crippen molar-refractivity contribution >= 4 is 0 Å². The van der Waals surface area contributed by atoms with Gasteiger partial charge in [0, 0.05) is 18.3 Å². The molecule has 0 saturated heterocycles. The summed E-state index contributed by atoms with van der Waals surface area (Å²) in [4.78, 5) is 0. The van der Waals surface area contributed by atoms with Crippen molar-refractivity contribution in [1.82, 2.24) is 15.1 Å². The molecular weight excluding hydrogens is 162 g/mol. The minimum absolute atomic E-state index is 0.672. The van der Waals surface area contributed by atoms with Crippen molar-refractivity contribution in [2.24, 2.45) is 0 Å². The third-order valence-electron chi connectivity index (χ3n) is 2.73. The molecule has 13 heavy (non-hydrogen) atoms. The summed E-state index contributed by atoms with van der Waals surface area (Å²) < 4.78 is 2.14. The molecule has 0 atom stereocenters. The predicted octanol–water partition coefficient (Wildman–Crippen LogP) is 1.72. The molecule has 1 fully saturated rings. The fraction of sp³-hybridized carbons (Fsp3) is 0.700. The van der Waals surface area contributed by atoms with E-state index in [4.69, 9.17) is 0 Å². The second kappa shape index (κ2) is 3.92. The third kappa shape index (κ3) is 1.91. The van der Waals surface area contributed by atoms with E-state index in [0.29, 0.717) is 6.04 Å². The van der Waals surface area contributed by atoms with Gasteiger partial charge in [-0.3, -0.25) is 4.68 Å². The van der Waals surface area contributed by atoms with Crippen LogP contribution >= 0.6 is 0 Å². The van der Waals surface area contributed by atoms with E-state index in [2.05, 4.69) is 21.3 Å². The number of hydrogen-bond donors (Lipinski definition) is 1. The van der Waals surface area contributed by atoms with Crippen molar-refractivity contribution in [3.05, 3.63) is 18.0 Å². The molecule has 0 aromatic carbocycles. The Kier molecular flexibility index (Phi) is 2.64. The highest BCUT2D eigenvalue weighted by atomic mass is 15.3. The minimum Gasteiger partial charge on any atom is -0.316 e.